The molecule has 1 amide bonds. The molecule has 1 rings (SSSR count). The van der Waals surface area contributed by atoms with Gasteiger partial charge in [0.2, 0.25) is 6.41 Å². The summed E-state index contributed by atoms with van der Waals surface area (Å²) in [7, 11) is -1.60. The molecule has 14 heavy (non-hydrogen) atoms. The molecule has 0 saturated heterocycles. The van der Waals surface area contributed by atoms with E-state index in [9.17, 15) is 9.59 Å². The second kappa shape index (κ2) is 4.04. The normalized spacial score (nSPS) is 27.5. The summed E-state index contributed by atoms with van der Waals surface area (Å²) in [4.78, 5) is 26.2. The number of ketones is 1. The van der Waals surface area contributed by atoms with Crippen LogP contribution in [0.2, 0.25) is 25.2 Å². The maximum Gasteiger partial charge on any atom is 0.208 e. The highest BCUT2D eigenvalue weighted by molar-refractivity contribution is 6.81. The van der Waals surface area contributed by atoms with Crippen molar-refractivity contribution in [2.75, 3.05) is 0 Å². The van der Waals surface area contributed by atoms with E-state index in [0.717, 1.165) is 0 Å². The first-order chi connectivity index (χ1) is 6.46. The van der Waals surface area contributed by atoms with Gasteiger partial charge in [-0.05, 0) is 0 Å². The second-order valence-electron chi connectivity index (χ2n) is 4.58. The minimum Gasteiger partial charge on any atom is -0.337 e. The molecular weight excluding hydrogens is 196 g/mol. The summed E-state index contributed by atoms with van der Waals surface area (Å²) in [5.74, 6) is 0.207. The van der Waals surface area contributed by atoms with E-state index in [4.69, 9.17) is 0 Å². The minimum absolute atomic E-state index is 0.0855. The van der Waals surface area contributed by atoms with Crippen molar-refractivity contribution in [3.05, 3.63) is 0 Å². The summed E-state index contributed by atoms with van der Waals surface area (Å²) in [6.07, 6.45) is 2.29. The van der Waals surface area contributed by atoms with Gasteiger partial charge in [-0.15, -0.1) is 0 Å². The van der Waals surface area contributed by atoms with Crippen LogP contribution in [-0.2, 0) is 9.59 Å². The van der Waals surface area contributed by atoms with Crippen LogP contribution in [0.25, 0.3) is 0 Å². The number of amides is 1. The lowest BCUT2D eigenvalue weighted by Crippen LogP contribution is -2.48. The van der Waals surface area contributed by atoms with Gasteiger partial charge in [0.05, 0.1) is 13.6 Å². The molecule has 0 bridgehead atoms. The topological polar surface area (TPSA) is 58.5 Å². The molecule has 0 saturated carbocycles. The zero-order chi connectivity index (χ0) is 10.8. The third-order valence-electron chi connectivity index (χ3n) is 2.39. The first-order valence-electron chi connectivity index (χ1n) is 4.71. The highest BCUT2D eigenvalue weighted by Crippen LogP contribution is 2.30. The monoisotopic (exact) mass is 212 g/mol. The number of hydrogen-bond acceptors (Lipinski definition) is 3. The van der Waals surface area contributed by atoms with Gasteiger partial charge in [0, 0.05) is 12.6 Å². The number of nitrogens with one attached hydrogen (secondary N) is 1. The summed E-state index contributed by atoms with van der Waals surface area (Å²) in [5, 5.41) is 2.61. The van der Waals surface area contributed by atoms with Crippen LogP contribution in [0.1, 0.15) is 6.42 Å². The maximum atomic E-state index is 11.7. The van der Waals surface area contributed by atoms with Crippen LogP contribution in [0.5, 0.6) is 0 Å². The quantitative estimate of drug-likeness (QED) is 0.556. The third kappa shape index (κ3) is 2.28. The zero-order valence-electron chi connectivity index (χ0n) is 8.78. The number of rotatable bonds is 3. The Bertz CT molecular complexity index is 270. The van der Waals surface area contributed by atoms with Crippen LogP contribution in [0.3, 0.4) is 0 Å². The van der Waals surface area contributed by atoms with Gasteiger partial charge in [0.1, 0.15) is 11.9 Å². The Labute approximate surface area is 84.8 Å². The summed E-state index contributed by atoms with van der Waals surface area (Å²) < 4.78 is 0. The summed E-state index contributed by atoms with van der Waals surface area (Å²) >= 11 is 0. The summed E-state index contributed by atoms with van der Waals surface area (Å²) in [5.41, 5.74) is -0.0855. The Balaban J connectivity index is 2.90. The molecule has 0 aromatic heterocycles. The van der Waals surface area contributed by atoms with E-state index in [1.807, 2.05) is 0 Å². The molecule has 0 aromatic rings. The van der Waals surface area contributed by atoms with Gasteiger partial charge in [-0.2, -0.15) is 0 Å². The zero-order valence-corrected chi connectivity index (χ0v) is 9.78. The van der Waals surface area contributed by atoms with Crippen LogP contribution < -0.4 is 5.32 Å². The third-order valence-corrected chi connectivity index (χ3v) is 4.90. The molecule has 2 unspecified atom stereocenters. The molecule has 1 heterocycles. The standard InChI is InChI=1S/C9H16N2O2Si/c1-14(2,3)8-7(13)4-5-10-9(8)11-6-12/h5-6,8-9H,4H2,1-3H3,(H,11,12). The molecule has 5 heteroatoms. The molecule has 0 aliphatic carbocycles. The number of nitrogens with zero attached hydrogens (tertiary/aromatic N) is 1. The minimum atomic E-state index is -1.60. The van der Waals surface area contributed by atoms with Gasteiger partial charge in [0.15, 0.2) is 0 Å². The Morgan fingerprint density at radius 3 is 2.71 bits per heavy atom. The van der Waals surface area contributed by atoms with Crippen molar-refractivity contribution in [3.63, 3.8) is 0 Å². The van der Waals surface area contributed by atoms with Crippen LogP contribution in [0.4, 0.5) is 0 Å². The van der Waals surface area contributed by atoms with Gasteiger partial charge < -0.3 is 5.32 Å². The Kier molecular flexibility index (Phi) is 3.20. The first-order valence-corrected chi connectivity index (χ1v) is 8.28. The van der Waals surface area contributed by atoms with Crippen molar-refractivity contribution in [3.8, 4) is 0 Å². The number of hydrogen-bond donors (Lipinski definition) is 1. The van der Waals surface area contributed by atoms with Crippen LogP contribution >= 0.6 is 0 Å². The van der Waals surface area contributed by atoms with Crippen LogP contribution in [-0.4, -0.2) is 32.6 Å². The van der Waals surface area contributed by atoms with E-state index in [1.165, 1.54) is 0 Å². The average Bonchev–Trinajstić information content (AvgIpc) is 2.02. The lowest BCUT2D eigenvalue weighted by Gasteiger charge is -2.33. The fourth-order valence-electron chi connectivity index (χ4n) is 1.81. The summed E-state index contributed by atoms with van der Waals surface area (Å²) in [6.45, 7) is 6.36. The largest absolute Gasteiger partial charge is 0.337 e. The van der Waals surface area contributed by atoms with Gasteiger partial charge in [0.25, 0.3) is 0 Å². The Morgan fingerprint density at radius 1 is 1.57 bits per heavy atom. The fourth-order valence-corrected chi connectivity index (χ4v) is 4.02. The molecule has 2 atom stereocenters. The molecule has 0 spiro atoms. The van der Waals surface area contributed by atoms with Crippen molar-refractivity contribution < 1.29 is 9.59 Å². The average molecular weight is 212 g/mol. The van der Waals surface area contributed by atoms with Gasteiger partial charge >= 0.3 is 0 Å². The number of aliphatic imine (C=N–C) groups is 1. The fraction of sp³-hybridized carbons (Fsp3) is 0.667. The molecule has 4 nitrogen and oxygen atoms in total. The van der Waals surface area contributed by atoms with Gasteiger partial charge in [-0.1, -0.05) is 19.6 Å². The molecule has 0 radical (unpaired) electrons. The Hall–Kier alpha value is -0.973. The van der Waals surface area contributed by atoms with Crippen LogP contribution in [0, 0.1) is 0 Å². The van der Waals surface area contributed by atoms with E-state index in [-0.39, 0.29) is 17.5 Å². The SMILES string of the molecule is C[Si](C)(C)C1C(=O)CC=NC1NC=O. The van der Waals surface area contributed by atoms with Gasteiger partial charge in [-0.25, -0.2) is 0 Å². The second-order valence-corrected chi connectivity index (χ2v) is 9.93. The lowest BCUT2D eigenvalue weighted by molar-refractivity contribution is -0.119. The number of carbonyl (C=O) groups excluding carboxylic acids is 2. The van der Waals surface area contributed by atoms with E-state index < -0.39 is 8.07 Å². The number of Topliss-reactive ketones (excluding diaryl/α,β-unsaturated/α-hetero) is 1. The highest BCUT2D eigenvalue weighted by atomic mass is 28.3. The molecule has 1 aliphatic rings. The maximum absolute atomic E-state index is 11.7. The molecule has 1 N–H and O–H groups in total. The smallest absolute Gasteiger partial charge is 0.208 e. The Morgan fingerprint density at radius 2 is 2.21 bits per heavy atom. The predicted molar refractivity (Wildman–Crippen MR) is 58.2 cm³/mol. The van der Waals surface area contributed by atoms with E-state index in [0.29, 0.717) is 12.8 Å². The van der Waals surface area contributed by atoms with Crippen molar-refractivity contribution in [1.82, 2.24) is 5.32 Å². The first kappa shape index (κ1) is 11.1. The summed E-state index contributed by atoms with van der Waals surface area (Å²) in [6, 6.07) is 0. The highest BCUT2D eigenvalue weighted by Gasteiger charge is 2.40. The van der Waals surface area contributed by atoms with Crippen molar-refractivity contribution in [2.24, 2.45) is 4.99 Å². The van der Waals surface area contributed by atoms with Crippen molar-refractivity contribution in [1.29, 1.82) is 0 Å². The van der Waals surface area contributed by atoms with Gasteiger partial charge in [-0.3, -0.25) is 14.6 Å². The van der Waals surface area contributed by atoms with E-state index in [1.54, 1.807) is 6.21 Å². The van der Waals surface area contributed by atoms with E-state index >= 15 is 0 Å². The lowest BCUT2D eigenvalue weighted by atomic mass is 10.1. The molecule has 0 aromatic carbocycles. The molecule has 1 aliphatic heterocycles. The van der Waals surface area contributed by atoms with Crippen molar-refractivity contribution >= 4 is 26.5 Å². The molecule has 0 fully saturated rings. The molecule has 78 valence electrons. The van der Waals surface area contributed by atoms with E-state index in [2.05, 4.69) is 30.0 Å². The predicted octanol–water partition coefficient (Wildman–Crippen LogP) is 0.810. The number of carbonyl (C=O) groups is 2. The molecular formula is C9H16N2O2Si. The van der Waals surface area contributed by atoms with Crippen LogP contribution in [0.15, 0.2) is 4.99 Å². The van der Waals surface area contributed by atoms with Crippen molar-refractivity contribution in [2.45, 2.75) is 37.8 Å².